The van der Waals surface area contributed by atoms with Crippen molar-refractivity contribution in [2.45, 2.75) is 63.2 Å². The van der Waals surface area contributed by atoms with Crippen LogP contribution in [0.25, 0.3) is 0 Å². The third-order valence-corrected chi connectivity index (χ3v) is 5.30. The summed E-state index contributed by atoms with van der Waals surface area (Å²) in [6.07, 6.45) is 9.61. The van der Waals surface area contributed by atoms with E-state index in [1.807, 2.05) is 6.07 Å². The number of amides is 1. The van der Waals surface area contributed by atoms with Gasteiger partial charge in [0.1, 0.15) is 0 Å². The van der Waals surface area contributed by atoms with E-state index < -0.39 is 0 Å². The highest BCUT2D eigenvalue weighted by Crippen LogP contribution is 2.41. The van der Waals surface area contributed by atoms with Gasteiger partial charge in [0.15, 0.2) is 0 Å². The Bertz CT molecular complexity index is 518. The molecule has 1 fully saturated rings. The van der Waals surface area contributed by atoms with E-state index in [0.29, 0.717) is 5.92 Å². The maximum Gasteiger partial charge on any atom is 0.224 e. The molecular formula is C17H22ClNO. The van der Waals surface area contributed by atoms with Crippen LogP contribution in [0.15, 0.2) is 12.1 Å². The SMILES string of the molecule is NC(=O)C1CCc2cc(C3CCCCCC3)c(Cl)cc21. The van der Waals surface area contributed by atoms with E-state index in [1.54, 1.807) is 0 Å². The lowest BCUT2D eigenvalue weighted by Gasteiger charge is -2.18. The van der Waals surface area contributed by atoms with Gasteiger partial charge in [-0.25, -0.2) is 0 Å². The lowest BCUT2D eigenvalue weighted by molar-refractivity contribution is -0.119. The van der Waals surface area contributed by atoms with Gasteiger partial charge in [-0.05, 0) is 54.4 Å². The lowest BCUT2D eigenvalue weighted by atomic mass is 9.89. The molecule has 2 aliphatic rings. The Morgan fingerprint density at radius 2 is 1.75 bits per heavy atom. The van der Waals surface area contributed by atoms with E-state index in [2.05, 4.69) is 6.07 Å². The van der Waals surface area contributed by atoms with Crippen LogP contribution in [0.3, 0.4) is 0 Å². The first-order valence-corrected chi connectivity index (χ1v) is 8.16. The van der Waals surface area contributed by atoms with Gasteiger partial charge in [-0.15, -0.1) is 0 Å². The summed E-state index contributed by atoms with van der Waals surface area (Å²) in [6, 6.07) is 4.27. The Balaban J connectivity index is 1.92. The van der Waals surface area contributed by atoms with E-state index in [-0.39, 0.29) is 11.8 Å². The molecule has 3 heteroatoms. The van der Waals surface area contributed by atoms with E-state index in [0.717, 1.165) is 23.4 Å². The van der Waals surface area contributed by atoms with Crippen molar-refractivity contribution in [3.8, 4) is 0 Å². The fourth-order valence-corrected chi connectivity index (χ4v) is 4.17. The normalized spacial score (nSPS) is 23.4. The van der Waals surface area contributed by atoms with Gasteiger partial charge in [0.2, 0.25) is 5.91 Å². The summed E-state index contributed by atoms with van der Waals surface area (Å²) in [6.45, 7) is 0. The van der Waals surface area contributed by atoms with Crippen molar-refractivity contribution in [3.63, 3.8) is 0 Å². The van der Waals surface area contributed by atoms with Gasteiger partial charge in [0.05, 0.1) is 5.92 Å². The summed E-state index contributed by atoms with van der Waals surface area (Å²) in [4.78, 5) is 11.5. The Hall–Kier alpha value is -1.02. The van der Waals surface area contributed by atoms with Gasteiger partial charge in [-0.2, -0.15) is 0 Å². The summed E-state index contributed by atoms with van der Waals surface area (Å²) in [5.74, 6) is 0.246. The molecule has 0 aliphatic heterocycles. The number of nitrogens with two attached hydrogens (primary N) is 1. The van der Waals surface area contributed by atoms with E-state index in [4.69, 9.17) is 17.3 Å². The van der Waals surface area contributed by atoms with Crippen LogP contribution in [-0.2, 0) is 11.2 Å². The Kier molecular flexibility index (Phi) is 4.02. The highest BCUT2D eigenvalue weighted by molar-refractivity contribution is 6.31. The second kappa shape index (κ2) is 5.77. The molecule has 1 amide bonds. The van der Waals surface area contributed by atoms with Gasteiger partial charge in [-0.3, -0.25) is 4.79 Å². The van der Waals surface area contributed by atoms with Crippen LogP contribution in [0.4, 0.5) is 0 Å². The van der Waals surface area contributed by atoms with Crippen LogP contribution in [0.2, 0.25) is 5.02 Å². The molecule has 0 aromatic heterocycles. The minimum absolute atomic E-state index is 0.134. The zero-order chi connectivity index (χ0) is 14.1. The largest absolute Gasteiger partial charge is 0.369 e. The first-order valence-electron chi connectivity index (χ1n) is 7.78. The summed E-state index contributed by atoms with van der Waals surface area (Å²) in [5.41, 5.74) is 9.14. The predicted octanol–water partition coefficient (Wildman–Crippen LogP) is 4.29. The van der Waals surface area contributed by atoms with Crippen molar-refractivity contribution >= 4 is 17.5 Å². The molecule has 1 aromatic carbocycles. The number of halogens is 1. The molecule has 108 valence electrons. The monoisotopic (exact) mass is 291 g/mol. The molecule has 20 heavy (non-hydrogen) atoms. The zero-order valence-electron chi connectivity index (χ0n) is 11.8. The maximum atomic E-state index is 11.5. The van der Waals surface area contributed by atoms with Crippen molar-refractivity contribution in [3.05, 3.63) is 33.8 Å². The smallest absolute Gasteiger partial charge is 0.224 e. The highest BCUT2D eigenvalue weighted by atomic mass is 35.5. The Morgan fingerprint density at radius 1 is 1.05 bits per heavy atom. The third kappa shape index (κ3) is 2.58. The van der Waals surface area contributed by atoms with Gasteiger partial charge in [0.25, 0.3) is 0 Å². The van der Waals surface area contributed by atoms with Crippen molar-refractivity contribution in [1.82, 2.24) is 0 Å². The van der Waals surface area contributed by atoms with E-state index >= 15 is 0 Å². The molecule has 2 N–H and O–H groups in total. The molecule has 0 spiro atoms. The highest BCUT2D eigenvalue weighted by Gasteiger charge is 2.29. The lowest BCUT2D eigenvalue weighted by Crippen LogP contribution is -2.19. The number of hydrogen-bond acceptors (Lipinski definition) is 1. The molecule has 1 unspecified atom stereocenters. The molecule has 2 aliphatic carbocycles. The number of hydrogen-bond donors (Lipinski definition) is 1. The summed E-state index contributed by atoms with van der Waals surface area (Å²) < 4.78 is 0. The topological polar surface area (TPSA) is 43.1 Å². The fourth-order valence-electron chi connectivity index (χ4n) is 3.85. The minimum atomic E-state index is -0.220. The van der Waals surface area contributed by atoms with Crippen molar-refractivity contribution in [2.75, 3.05) is 0 Å². The summed E-state index contributed by atoms with van der Waals surface area (Å²) >= 11 is 6.51. The van der Waals surface area contributed by atoms with E-state index in [1.165, 1.54) is 49.7 Å². The van der Waals surface area contributed by atoms with Gasteiger partial charge in [-0.1, -0.05) is 43.4 Å². The molecule has 0 bridgehead atoms. The molecule has 1 atom stereocenters. The molecule has 0 heterocycles. The molecule has 1 saturated carbocycles. The Morgan fingerprint density at radius 3 is 2.40 bits per heavy atom. The fraction of sp³-hybridized carbons (Fsp3) is 0.588. The standard InChI is InChI=1S/C17H22ClNO/c18-16-10-14-12(7-8-13(14)17(19)20)9-15(16)11-5-3-1-2-4-6-11/h9-11,13H,1-8H2,(H2,19,20). The minimum Gasteiger partial charge on any atom is -0.369 e. The number of rotatable bonds is 2. The van der Waals surface area contributed by atoms with Crippen LogP contribution < -0.4 is 5.73 Å². The van der Waals surface area contributed by atoms with Gasteiger partial charge in [0, 0.05) is 5.02 Å². The predicted molar refractivity (Wildman–Crippen MR) is 82.2 cm³/mol. The number of benzene rings is 1. The molecular weight excluding hydrogens is 270 g/mol. The molecule has 3 rings (SSSR count). The number of carbonyl (C=O) groups is 1. The maximum absolute atomic E-state index is 11.5. The second-order valence-corrected chi connectivity index (χ2v) is 6.66. The van der Waals surface area contributed by atoms with Crippen LogP contribution in [0, 0.1) is 0 Å². The zero-order valence-corrected chi connectivity index (χ0v) is 12.6. The van der Waals surface area contributed by atoms with Gasteiger partial charge >= 0.3 is 0 Å². The van der Waals surface area contributed by atoms with Crippen molar-refractivity contribution in [1.29, 1.82) is 0 Å². The average Bonchev–Trinajstić information content (AvgIpc) is 2.65. The quantitative estimate of drug-likeness (QED) is 0.812. The molecule has 1 aromatic rings. The number of fused-ring (bicyclic) bond motifs is 1. The number of primary amides is 1. The second-order valence-electron chi connectivity index (χ2n) is 6.25. The van der Waals surface area contributed by atoms with E-state index in [9.17, 15) is 4.79 Å². The van der Waals surface area contributed by atoms with Crippen LogP contribution >= 0.6 is 11.6 Å². The summed E-state index contributed by atoms with van der Waals surface area (Å²) in [5, 5.41) is 0.837. The average molecular weight is 292 g/mol. The Labute approximate surface area is 125 Å². The van der Waals surface area contributed by atoms with Crippen molar-refractivity contribution in [2.24, 2.45) is 5.73 Å². The summed E-state index contributed by atoms with van der Waals surface area (Å²) in [7, 11) is 0. The molecule has 0 saturated heterocycles. The number of carbonyl (C=O) groups excluding carboxylic acids is 1. The van der Waals surface area contributed by atoms with Crippen LogP contribution in [0.1, 0.15) is 73.5 Å². The first kappa shape index (κ1) is 13.9. The third-order valence-electron chi connectivity index (χ3n) is 4.97. The molecule has 2 nitrogen and oxygen atoms in total. The molecule has 0 radical (unpaired) electrons. The van der Waals surface area contributed by atoms with Crippen LogP contribution in [-0.4, -0.2) is 5.91 Å². The van der Waals surface area contributed by atoms with Crippen molar-refractivity contribution < 1.29 is 4.79 Å². The van der Waals surface area contributed by atoms with Gasteiger partial charge < -0.3 is 5.73 Å². The first-order chi connectivity index (χ1) is 9.66. The number of aryl methyl sites for hydroxylation is 1. The van der Waals surface area contributed by atoms with Crippen LogP contribution in [0.5, 0.6) is 0 Å².